The minimum Gasteiger partial charge on any atom is -0.339 e. The number of amides is 1. The van der Waals surface area contributed by atoms with E-state index in [2.05, 4.69) is 5.32 Å². The molecule has 3 aliphatic heterocycles. The number of carbonyl (C=O) groups is 1. The third kappa shape index (κ3) is 3.15. The molecule has 4 rings (SSSR count). The predicted octanol–water partition coefficient (Wildman–Crippen LogP) is 1.08. The van der Waals surface area contributed by atoms with E-state index in [-0.39, 0.29) is 5.91 Å². The highest BCUT2D eigenvalue weighted by Crippen LogP contribution is 2.32. The van der Waals surface area contributed by atoms with Crippen LogP contribution >= 0.6 is 0 Å². The monoisotopic (exact) mass is 363 g/mol. The Bertz CT molecular complexity index is 779. The van der Waals surface area contributed by atoms with Crippen molar-refractivity contribution in [3.63, 3.8) is 0 Å². The van der Waals surface area contributed by atoms with E-state index in [1.165, 1.54) is 10.6 Å². The third-order valence-electron chi connectivity index (χ3n) is 5.89. The van der Waals surface area contributed by atoms with E-state index in [9.17, 15) is 13.2 Å². The highest BCUT2D eigenvalue weighted by Gasteiger charge is 2.32. The Morgan fingerprint density at radius 2 is 1.80 bits per heavy atom. The maximum Gasteiger partial charge on any atom is 0.253 e. The second kappa shape index (κ2) is 6.29. The Labute approximate surface area is 149 Å². The summed E-state index contributed by atoms with van der Waals surface area (Å²) in [5, 5.41) is 3.46. The maximum atomic E-state index is 12.9. The average Bonchev–Trinajstić information content (AvgIpc) is 3.15. The molecule has 1 N–H and O–H groups in total. The number of sulfonamides is 1. The van der Waals surface area contributed by atoms with Crippen molar-refractivity contribution in [3.8, 4) is 0 Å². The molecule has 3 aliphatic rings. The number of carbonyl (C=O) groups excluding carboxylic acids is 1. The Morgan fingerprint density at radius 3 is 2.44 bits per heavy atom. The lowest BCUT2D eigenvalue weighted by Crippen LogP contribution is -2.32. The number of hydrogen-bond acceptors (Lipinski definition) is 4. The fourth-order valence-electron chi connectivity index (χ4n) is 4.45. The molecule has 1 amide bonds. The van der Waals surface area contributed by atoms with Gasteiger partial charge in [-0.15, -0.1) is 0 Å². The molecule has 0 radical (unpaired) electrons. The van der Waals surface area contributed by atoms with Gasteiger partial charge in [0.2, 0.25) is 10.0 Å². The van der Waals surface area contributed by atoms with E-state index in [1.807, 2.05) is 11.0 Å². The average molecular weight is 363 g/mol. The van der Waals surface area contributed by atoms with Gasteiger partial charge in [0.15, 0.2) is 0 Å². The molecule has 25 heavy (non-hydrogen) atoms. The minimum absolute atomic E-state index is 0.0774. The van der Waals surface area contributed by atoms with E-state index < -0.39 is 10.0 Å². The van der Waals surface area contributed by atoms with Gasteiger partial charge in [-0.2, -0.15) is 0 Å². The lowest BCUT2D eigenvalue weighted by atomic mass is 9.92. The third-order valence-corrected chi connectivity index (χ3v) is 7.07. The smallest absolute Gasteiger partial charge is 0.253 e. The molecule has 1 aromatic rings. The lowest BCUT2D eigenvalue weighted by molar-refractivity contribution is 0.0758. The zero-order valence-electron chi connectivity index (χ0n) is 14.6. The Hall–Kier alpha value is -1.60. The van der Waals surface area contributed by atoms with Crippen LogP contribution in [0, 0.1) is 11.8 Å². The van der Waals surface area contributed by atoms with E-state index >= 15 is 0 Å². The number of anilines is 1. The fourth-order valence-corrected chi connectivity index (χ4v) is 5.41. The van der Waals surface area contributed by atoms with E-state index in [1.54, 1.807) is 12.1 Å². The molecule has 0 aliphatic carbocycles. The van der Waals surface area contributed by atoms with Crippen LogP contribution in [0.15, 0.2) is 18.2 Å². The van der Waals surface area contributed by atoms with Crippen molar-refractivity contribution >= 4 is 21.6 Å². The first-order chi connectivity index (χ1) is 11.9. The summed E-state index contributed by atoms with van der Waals surface area (Å²) < 4.78 is 25.1. The normalized spacial score (nSPS) is 26.3. The van der Waals surface area contributed by atoms with Crippen LogP contribution in [0.25, 0.3) is 0 Å². The molecule has 2 atom stereocenters. The summed E-state index contributed by atoms with van der Waals surface area (Å²) >= 11 is 0. The second-order valence-electron chi connectivity index (χ2n) is 7.48. The Kier molecular flexibility index (Phi) is 4.24. The first-order valence-electron chi connectivity index (χ1n) is 9.04. The molecule has 0 saturated carbocycles. The van der Waals surface area contributed by atoms with Crippen LogP contribution in [0.2, 0.25) is 0 Å². The molecule has 0 bridgehead atoms. The number of hydrogen-bond donors (Lipinski definition) is 1. The number of nitrogens with zero attached hydrogens (tertiary/aromatic N) is 2. The summed E-state index contributed by atoms with van der Waals surface area (Å²) in [6, 6.07) is 5.45. The highest BCUT2D eigenvalue weighted by atomic mass is 32.2. The van der Waals surface area contributed by atoms with Crippen molar-refractivity contribution in [2.24, 2.45) is 11.8 Å². The van der Waals surface area contributed by atoms with Gasteiger partial charge < -0.3 is 10.2 Å². The molecule has 136 valence electrons. The van der Waals surface area contributed by atoms with Crippen molar-refractivity contribution in [1.82, 2.24) is 10.2 Å². The number of fused-ring (bicyclic) bond motifs is 2. The molecule has 3 heterocycles. The maximum absolute atomic E-state index is 12.9. The summed E-state index contributed by atoms with van der Waals surface area (Å²) in [7, 11) is -3.25. The predicted molar refractivity (Wildman–Crippen MR) is 97.3 cm³/mol. The van der Waals surface area contributed by atoms with Crippen LogP contribution in [-0.4, -0.2) is 58.2 Å². The molecule has 2 saturated heterocycles. The fraction of sp³-hybridized carbons (Fsp3) is 0.611. The lowest BCUT2D eigenvalue weighted by Gasteiger charge is -2.22. The van der Waals surface area contributed by atoms with Gasteiger partial charge in [0.25, 0.3) is 5.91 Å². The van der Waals surface area contributed by atoms with Crippen LogP contribution in [0.1, 0.15) is 28.8 Å². The van der Waals surface area contributed by atoms with Crippen LogP contribution < -0.4 is 9.62 Å². The topological polar surface area (TPSA) is 69.7 Å². The van der Waals surface area contributed by atoms with Crippen molar-refractivity contribution in [3.05, 3.63) is 29.3 Å². The molecule has 2 fully saturated rings. The van der Waals surface area contributed by atoms with Crippen LogP contribution in [-0.2, 0) is 16.4 Å². The van der Waals surface area contributed by atoms with Gasteiger partial charge in [-0.05, 0) is 68.0 Å². The van der Waals surface area contributed by atoms with Gasteiger partial charge in [0, 0.05) is 25.2 Å². The SMILES string of the molecule is CS(=O)(=O)N1CCc2cc(C(=O)N3CC[C@@H]4CNC[C@@H]4CC3)ccc21. The van der Waals surface area contributed by atoms with Gasteiger partial charge in [-0.3, -0.25) is 9.10 Å². The molecule has 7 heteroatoms. The van der Waals surface area contributed by atoms with Gasteiger partial charge >= 0.3 is 0 Å². The zero-order chi connectivity index (χ0) is 17.6. The first-order valence-corrected chi connectivity index (χ1v) is 10.9. The van der Waals surface area contributed by atoms with Gasteiger partial charge in [-0.1, -0.05) is 0 Å². The number of likely N-dealkylation sites (tertiary alicyclic amines) is 1. The molecular formula is C18H25N3O3S. The molecule has 6 nitrogen and oxygen atoms in total. The number of nitrogens with one attached hydrogen (secondary N) is 1. The van der Waals surface area contributed by atoms with E-state index in [0.717, 1.165) is 50.3 Å². The molecule has 1 aromatic carbocycles. The van der Waals surface area contributed by atoms with E-state index in [4.69, 9.17) is 0 Å². The highest BCUT2D eigenvalue weighted by molar-refractivity contribution is 7.92. The molecule has 0 spiro atoms. The number of benzene rings is 1. The zero-order valence-corrected chi connectivity index (χ0v) is 15.4. The van der Waals surface area contributed by atoms with Gasteiger partial charge in [-0.25, -0.2) is 8.42 Å². The summed E-state index contributed by atoms with van der Waals surface area (Å²) in [6.45, 7) is 4.24. The van der Waals surface area contributed by atoms with Crippen molar-refractivity contribution < 1.29 is 13.2 Å². The Balaban J connectivity index is 1.52. The largest absolute Gasteiger partial charge is 0.339 e. The van der Waals surface area contributed by atoms with Crippen LogP contribution in [0.4, 0.5) is 5.69 Å². The molecular weight excluding hydrogens is 338 g/mol. The van der Waals surface area contributed by atoms with Crippen molar-refractivity contribution in [1.29, 1.82) is 0 Å². The molecule has 0 aromatic heterocycles. The van der Waals surface area contributed by atoms with Crippen LogP contribution in [0.3, 0.4) is 0 Å². The standard InChI is InChI=1S/C18H25N3O3S/c1-25(23,24)21-9-6-13-10-14(2-3-17(13)21)18(22)20-7-4-15-11-19-12-16(15)5-8-20/h2-3,10,15-16,19H,4-9,11-12H2,1H3/t15-,16+. The van der Waals surface area contributed by atoms with Gasteiger partial charge in [0.05, 0.1) is 11.9 Å². The summed E-state index contributed by atoms with van der Waals surface area (Å²) in [5.74, 6) is 1.47. The van der Waals surface area contributed by atoms with Crippen molar-refractivity contribution in [2.75, 3.05) is 43.3 Å². The van der Waals surface area contributed by atoms with Crippen molar-refractivity contribution in [2.45, 2.75) is 19.3 Å². The summed E-state index contributed by atoms with van der Waals surface area (Å²) in [6.07, 6.45) is 4.02. The summed E-state index contributed by atoms with van der Waals surface area (Å²) in [5.41, 5.74) is 2.35. The molecule has 0 unspecified atom stereocenters. The number of rotatable bonds is 2. The second-order valence-corrected chi connectivity index (χ2v) is 9.38. The summed E-state index contributed by atoms with van der Waals surface area (Å²) in [4.78, 5) is 14.9. The Morgan fingerprint density at radius 1 is 1.12 bits per heavy atom. The van der Waals surface area contributed by atoms with Gasteiger partial charge in [0.1, 0.15) is 0 Å². The quantitative estimate of drug-likeness (QED) is 0.854. The first kappa shape index (κ1) is 16.8. The minimum atomic E-state index is -3.25. The van der Waals surface area contributed by atoms with Crippen LogP contribution in [0.5, 0.6) is 0 Å². The van der Waals surface area contributed by atoms with E-state index in [0.29, 0.717) is 30.4 Å².